The molecular weight excluding hydrogens is 526 g/mol. The number of H-pyrrole nitrogens is 1. The van der Waals surface area contributed by atoms with E-state index in [9.17, 15) is 19.0 Å². The summed E-state index contributed by atoms with van der Waals surface area (Å²) in [5.41, 5.74) is 10.3. The first-order valence-electron chi connectivity index (χ1n) is 13.8. The number of aromatic nitrogens is 1. The number of nitrogens with two attached hydrogens (primary N) is 2. The van der Waals surface area contributed by atoms with E-state index in [0.717, 1.165) is 44.7 Å². The van der Waals surface area contributed by atoms with Crippen LogP contribution < -0.4 is 16.9 Å². The number of nitrogens with zero attached hydrogens (tertiary/aromatic N) is 2. The fourth-order valence-electron chi connectivity index (χ4n) is 5.57. The minimum atomic E-state index is -0.451. The van der Waals surface area contributed by atoms with Crippen LogP contribution in [0, 0.1) is 17.6 Å². The number of hydrogen-bond donors (Lipinski definition) is 6. The van der Waals surface area contributed by atoms with Crippen LogP contribution in [0.3, 0.4) is 0 Å². The van der Waals surface area contributed by atoms with Gasteiger partial charge in [0.1, 0.15) is 17.4 Å². The normalized spacial score (nSPS) is 15.0. The average Bonchev–Trinajstić information content (AvgIpc) is 3.32. The standard InChI is InChI=1S/C31H36F2N6O2/c32-22-6-9-27-24(16-22)31(28(19-40)37-27)26(34)18-39(35)17-20-10-13-38(14-11-20)15-12-36-23-7-4-21(5-8-23)30-25(33)2-1-3-29(30)41/h1-9,16,18,20,36-37,40-41H,10-15,17,19,34-35H2/b26-18-. The van der Waals surface area contributed by atoms with E-state index in [1.54, 1.807) is 29.4 Å². The van der Waals surface area contributed by atoms with Gasteiger partial charge < -0.3 is 36.2 Å². The third-order valence-corrected chi connectivity index (χ3v) is 7.69. The van der Waals surface area contributed by atoms with Gasteiger partial charge in [0.25, 0.3) is 0 Å². The molecule has 1 aliphatic rings. The first kappa shape index (κ1) is 28.4. The Morgan fingerprint density at radius 2 is 1.85 bits per heavy atom. The summed E-state index contributed by atoms with van der Waals surface area (Å²) in [6.45, 7) is 3.98. The highest BCUT2D eigenvalue weighted by atomic mass is 19.1. The Balaban J connectivity index is 1.08. The van der Waals surface area contributed by atoms with Gasteiger partial charge in [-0.15, -0.1) is 0 Å². The fraction of sp³-hybridized carbons (Fsp3) is 0.290. The first-order valence-corrected chi connectivity index (χ1v) is 13.8. The average molecular weight is 563 g/mol. The van der Waals surface area contributed by atoms with Gasteiger partial charge in [-0.3, -0.25) is 0 Å². The lowest BCUT2D eigenvalue weighted by Crippen LogP contribution is -2.41. The monoisotopic (exact) mass is 562 g/mol. The number of halogens is 2. The highest BCUT2D eigenvalue weighted by Crippen LogP contribution is 2.32. The Morgan fingerprint density at radius 1 is 1.10 bits per heavy atom. The summed E-state index contributed by atoms with van der Waals surface area (Å²) in [6, 6.07) is 16.1. The largest absolute Gasteiger partial charge is 0.507 e. The number of aromatic amines is 1. The van der Waals surface area contributed by atoms with Crippen LogP contribution in [0.1, 0.15) is 24.1 Å². The molecule has 10 heteroatoms. The topological polar surface area (TPSA) is 127 Å². The van der Waals surface area contributed by atoms with Crippen LogP contribution in [0.2, 0.25) is 0 Å². The van der Waals surface area contributed by atoms with Crippen LogP contribution >= 0.6 is 0 Å². The van der Waals surface area contributed by atoms with Crippen molar-refractivity contribution in [3.8, 4) is 16.9 Å². The number of nitrogens with one attached hydrogen (secondary N) is 2. The molecular formula is C31H36F2N6O2. The van der Waals surface area contributed by atoms with Crippen molar-refractivity contribution in [2.75, 3.05) is 38.0 Å². The lowest BCUT2D eigenvalue weighted by Gasteiger charge is -2.33. The molecule has 0 unspecified atom stereocenters. The van der Waals surface area contributed by atoms with E-state index in [1.165, 1.54) is 30.3 Å². The van der Waals surface area contributed by atoms with Crippen molar-refractivity contribution in [3.05, 3.63) is 89.8 Å². The second-order valence-electron chi connectivity index (χ2n) is 10.5. The quantitative estimate of drug-likeness (QED) is 0.124. The minimum absolute atomic E-state index is 0.0758. The molecule has 0 saturated carbocycles. The van der Waals surface area contributed by atoms with Crippen molar-refractivity contribution >= 4 is 22.3 Å². The number of piperidine rings is 1. The Hall–Kier alpha value is -4.12. The Bertz CT molecular complexity index is 1490. The van der Waals surface area contributed by atoms with Crippen LogP contribution in [-0.2, 0) is 6.61 Å². The number of phenols is 1. The van der Waals surface area contributed by atoms with E-state index in [1.807, 2.05) is 12.1 Å². The number of hydrazine groups is 1. The molecule has 0 bridgehead atoms. The maximum absolute atomic E-state index is 14.1. The van der Waals surface area contributed by atoms with Crippen molar-refractivity contribution < 1.29 is 19.0 Å². The van der Waals surface area contributed by atoms with E-state index >= 15 is 0 Å². The summed E-state index contributed by atoms with van der Waals surface area (Å²) >= 11 is 0. The predicted octanol–water partition coefficient (Wildman–Crippen LogP) is 4.57. The second-order valence-corrected chi connectivity index (χ2v) is 10.5. The molecule has 8 N–H and O–H groups in total. The summed E-state index contributed by atoms with van der Waals surface area (Å²) < 4.78 is 28.0. The van der Waals surface area contributed by atoms with Gasteiger partial charge in [-0.2, -0.15) is 0 Å². The molecule has 3 aromatic carbocycles. The molecule has 4 aromatic rings. The number of aliphatic hydroxyl groups excluding tert-OH is 1. The summed E-state index contributed by atoms with van der Waals surface area (Å²) in [6.07, 6.45) is 3.66. The summed E-state index contributed by atoms with van der Waals surface area (Å²) in [5.74, 6) is 5.80. The van der Waals surface area contributed by atoms with E-state index in [0.29, 0.717) is 45.9 Å². The molecule has 0 spiro atoms. The maximum Gasteiger partial charge on any atom is 0.134 e. The number of fused-ring (bicyclic) bond motifs is 1. The van der Waals surface area contributed by atoms with Crippen LogP contribution in [0.15, 0.2) is 66.9 Å². The number of benzene rings is 3. The lowest BCUT2D eigenvalue weighted by molar-refractivity contribution is 0.166. The van der Waals surface area contributed by atoms with Crippen LogP contribution in [0.25, 0.3) is 27.7 Å². The summed E-state index contributed by atoms with van der Waals surface area (Å²) in [5, 5.41) is 25.4. The van der Waals surface area contributed by atoms with Gasteiger partial charge in [-0.25, -0.2) is 14.6 Å². The molecule has 0 atom stereocenters. The molecule has 0 aliphatic carbocycles. The van der Waals surface area contributed by atoms with Gasteiger partial charge in [0, 0.05) is 48.0 Å². The summed E-state index contributed by atoms with van der Waals surface area (Å²) in [7, 11) is 0. The van der Waals surface area contributed by atoms with Gasteiger partial charge in [0.15, 0.2) is 0 Å². The molecule has 0 amide bonds. The number of anilines is 1. The molecule has 5 rings (SSSR count). The molecule has 1 saturated heterocycles. The summed E-state index contributed by atoms with van der Waals surface area (Å²) in [4.78, 5) is 5.50. The van der Waals surface area contributed by atoms with Crippen LogP contribution in [0.4, 0.5) is 14.5 Å². The number of phenolic OH excluding ortho intramolecular Hbond substituents is 1. The third-order valence-electron chi connectivity index (χ3n) is 7.69. The molecule has 1 aliphatic heterocycles. The van der Waals surface area contributed by atoms with E-state index in [-0.39, 0.29) is 23.7 Å². The third kappa shape index (κ3) is 6.62. The zero-order valence-corrected chi connectivity index (χ0v) is 22.8. The molecule has 41 heavy (non-hydrogen) atoms. The minimum Gasteiger partial charge on any atom is -0.507 e. The Kier molecular flexibility index (Phi) is 8.72. The van der Waals surface area contributed by atoms with Crippen molar-refractivity contribution in [3.63, 3.8) is 0 Å². The fourth-order valence-corrected chi connectivity index (χ4v) is 5.57. The van der Waals surface area contributed by atoms with Crippen LogP contribution in [0.5, 0.6) is 5.75 Å². The Labute approximate surface area is 237 Å². The van der Waals surface area contributed by atoms with Gasteiger partial charge in [0.05, 0.1) is 23.6 Å². The smallest absolute Gasteiger partial charge is 0.134 e. The highest BCUT2D eigenvalue weighted by Gasteiger charge is 2.21. The predicted molar refractivity (Wildman–Crippen MR) is 158 cm³/mol. The van der Waals surface area contributed by atoms with Crippen LogP contribution in [-0.4, -0.2) is 57.8 Å². The van der Waals surface area contributed by atoms with Gasteiger partial charge in [-0.1, -0.05) is 18.2 Å². The van der Waals surface area contributed by atoms with Gasteiger partial charge >= 0.3 is 0 Å². The maximum atomic E-state index is 14.1. The van der Waals surface area contributed by atoms with Gasteiger partial charge in [0.2, 0.25) is 0 Å². The number of hydrogen-bond acceptors (Lipinski definition) is 7. The van der Waals surface area contributed by atoms with E-state index < -0.39 is 5.82 Å². The van der Waals surface area contributed by atoms with Crippen molar-refractivity contribution in [2.45, 2.75) is 19.4 Å². The van der Waals surface area contributed by atoms with Crippen molar-refractivity contribution in [1.29, 1.82) is 0 Å². The lowest BCUT2D eigenvalue weighted by atomic mass is 9.96. The first-order chi connectivity index (χ1) is 19.8. The zero-order chi connectivity index (χ0) is 28.9. The Morgan fingerprint density at radius 3 is 2.56 bits per heavy atom. The number of aromatic hydroxyl groups is 1. The number of aliphatic hydroxyl groups is 1. The zero-order valence-electron chi connectivity index (χ0n) is 22.8. The number of rotatable bonds is 10. The molecule has 8 nitrogen and oxygen atoms in total. The molecule has 216 valence electrons. The SMILES string of the molecule is N/C(=C\N(N)CC1CCN(CCNc2ccc(-c3c(O)cccc3F)cc2)CC1)c1c(CO)[nH]c2ccc(F)cc12. The van der Waals surface area contributed by atoms with Crippen molar-refractivity contribution in [1.82, 2.24) is 14.9 Å². The molecule has 1 fully saturated rings. The number of likely N-dealkylation sites (tertiary alicyclic amines) is 1. The van der Waals surface area contributed by atoms with E-state index in [2.05, 4.69) is 15.2 Å². The molecule has 0 radical (unpaired) electrons. The second kappa shape index (κ2) is 12.6. The highest BCUT2D eigenvalue weighted by molar-refractivity contribution is 5.93. The molecule has 2 heterocycles. The van der Waals surface area contributed by atoms with Crippen molar-refractivity contribution in [2.24, 2.45) is 17.5 Å². The molecule has 1 aromatic heterocycles. The van der Waals surface area contributed by atoms with E-state index in [4.69, 9.17) is 11.6 Å². The van der Waals surface area contributed by atoms with Gasteiger partial charge in [-0.05, 0) is 79.9 Å².